The predicted molar refractivity (Wildman–Crippen MR) is 85.3 cm³/mol. The van der Waals surface area contributed by atoms with Crippen molar-refractivity contribution in [2.24, 2.45) is 0 Å². The molecule has 0 aliphatic carbocycles. The number of hydrogen-bond donors (Lipinski definition) is 2. The molecule has 1 heterocycles. The van der Waals surface area contributed by atoms with Gasteiger partial charge in [0.1, 0.15) is 11.4 Å². The van der Waals surface area contributed by atoms with Gasteiger partial charge in [0.25, 0.3) is 0 Å². The van der Waals surface area contributed by atoms with Crippen LogP contribution in [0.25, 0.3) is 0 Å². The summed E-state index contributed by atoms with van der Waals surface area (Å²) < 4.78 is 9.75. The second-order valence-electron chi connectivity index (χ2n) is 6.02. The molecular weight excluding hydrogens is 300 g/mol. The van der Waals surface area contributed by atoms with Gasteiger partial charge in [-0.05, 0) is 40.2 Å². The Morgan fingerprint density at radius 1 is 1.35 bits per heavy atom. The number of carbonyl (C=O) groups excluding carboxylic acids is 2. The Morgan fingerprint density at radius 3 is 2.65 bits per heavy atom. The van der Waals surface area contributed by atoms with E-state index in [-0.39, 0.29) is 11.9 Å². The SMILES string of the molecule is COC(=O)c1nccc(NCC[C@H](C)NC(=O)OC(C)(C)C)n1. The number of esters is 1. The Balaban J connectivity index is 2.39. The highest BCUT2D eigenvalue weighted by Gasteiger charge is 2.17. The monoisotopic (exact) mass is 324 g/mol. The Morgan fingerprint density at radius 2 is 2.04 bits per heavy atom. The van der Waals surface area contributed by atoms with Crippen LogP contribution in [0.2, 0.25) is 0 Å². The van der Waals surface area contributed by atoms with Gasteiger partial charge in [-0.3, -0.25) is 0 Å². The molecule has 8 heteroatoms. The number of hydrogen-bond acceptors (Lipinski definition) is 7. The van der Waals surface area contributed by atoms with Gasteiger partial charge in [0.05, 0.1) is 7.11 Å². The van der Waals surface area contributed by atoms with Crippen molar-refractivity contribution in [2.75, 3.05) is 19.0 Å². The Kier molecular flexibility index (Phi) is 6.74. The van der Waals surface area contributed by atoms with E-state index in [2.05, 4.69) is 25.3 Å². The third-order valence-electron chi connectivity index (χ3n) is 2.67. The van der Waals surface area contributed by atoms with Gasteiger partial charge in [0.15, 0.2) is 0 Å². The zero-order valence-corrected chi connectivity index (χ0v) is 14.2. The van der Waals surface area contributed by atoms with Crippen LogP contribution >= 0.6 is 0 Å². The van der Waals surface area contributed by atoms with E-state index in [0.717, 1.165) is 0 Å². The lowest BCUT2D eigenvalue weighted by molar-refractivity contribution is 0.0506. The molecule has 0 bridgehead atoms. The van der Waals surface area contributed by atoms with Crippen LogP contribution in [0.4, 0.5) is 10.6 Å². The van der Waals surface area contributed by atoms with E-state index in [0.29, 0.717) is 18.8 Å². The molecule has 0 aliphatic rings. The molecule has 0 fully saturated rings. The van der Waals surface area contributed by atoms with Crippen molar-refractivity contribution in [1.82, 2.24) is 15.3 Å². The van der Waals surface area contributed by atoms with Gasteiger partial charge < -0.3 is 20.1 Å². The molecule has 1 amide bonds. The number of alkyl carbamates (subject to hydrolysis) is 1. The molecule has 23 heavy (non-hydrogen) atoms. The number of ether oxygens (including phenoxy) is 2. The van der Waals surface area contributed by atoms with E-state index in [9.17, 15) is 9.59 Å². The van der Waals surface area contributed by atoms with Gasteiger partial charge in [0.2, 0.25) is 5.82 Å². The van der Waals surface area contributed by atoms with Crippen LogP contribution in [-0.4, -0.2) is 47.3 Å². The van der Waals surface area contributed by atoms with Crippen molar-refractivity contribution in [3.8, 4) is 0 Å². The fourth-order valence-corrected chi connectivity index (χ4v) is 1.64. The summed E-state index contributed by atoms with van der Waals surface area (Å²) in [5, 5.41) is 5.82. The van der Waals surface area contributed by atoms with Crippen LogP contribution in [0.5, 0.6) is 0 Å². The third kappa shape index (κ3) is 7.44. The van der Waals surface area contributed by atoms with Crippen LogP contribution in [-0.2, 0) is 9.47 Å². The van der Waals surface area contributed by atoms with Crippen LogP contribution in [0.15, 0.2) is 12.3 Å². The second kappa shape index (κ2) is 8.30. The number of nitrogens with zero attached hydrogens (tertiary/aromatic N) is 2. The summed E-state index contributed by atoms with van der Waals surface area (Å²) >= 11 is 0. The molecule has 0 saturated heterocycles. The Bertz CT molecular complexity index is 543. The smallest absolute Gasteiger partial charge is 0.407 e. The van der Waals surface area contributed by atoms with E-state index >= 15 is 0 Å². The average molecular weight is 324 g/mol. The van der Waals surface area contributed by atoms with Gasteiger partial charge >= 0.3 is 12.1 Å². The summed E-state index contributed by atoms with van der Waals surface area (Å²) in [6.45, 7) is 7.88. The minimum absolute atomic E-state index is 0.00238. The highest BCUT2D eigenvalue weighted by Crippen LogP contribution is 2.07. The zero-order chi connectivity index (χ0) is 17.5. The summed E-state index contributed by atoms with van der Waals surface area (Å²) in [5.74, 6) is -0.0732. The van der Waals surface area contributed by atoms with Crippen molar-refractivity contribution >= 4 is 17.9 Å². The Labute approximate surface area is 136 Å². The molecule has 0 radical (unpaired) electrons. The number of anilines is 1. The van der Waals surface area contributed by atoms with Gasteiger partial charge in [0, 0.05) is 18.8 Å². The summed E-state index contributed by atoms with van der Waals surface area (Å²) in [6.07, 6.45) is 1.70. The molecule has 0 spiro atoms. The second-order valence-corrected chi connectivity index (χ2v) is 6.02. The molecule has 1 aromatic rings. The summed E-state index contributed by atoms with van der Waals surface area (Å²) in [7, 11) is 1.27. The number of amides is 1. The van der Waals surface area contributed by atoms with Crippen molar-refractivity contribution in [2.45, 2.75) is 45.8 Å². The lowest BCUT2D eigenvalue weighted by Gasteiger charge is -2.22. The first-order valence-electron chi connectivity index (χ1n) is 7.36. The van der Waals surface area contributed by atoms with Crippen molar-refractivity contribution < 1.29 is 19.1 Å². The number of aromatic nitrogens is 2. The van der Waals surface area contributed by atoms with Crippen molar-refractivity contribution in [1.29, 1.82) is 0 Å². The molecule has 0 saturated carbocycles. The Hall–Kier alpha value is -2.38. The van der Waals surface area contributed by atoms with Crippen LogP contribution in [0.1, 0.15) is 44.7 Å². The van der Waals surface area contributed by atoms with Crippen molar-refractivity contribution in [3.63, 3.8) is 0 Å². The van der Waals surface area contributed by atoms with Gasteiger partial charge in [-0.1, -0.05) is 0 Å². The topological polar surface area (TPSA) is 102 Å². The number of carbonyl (C=O) groups is 2. The van der Waals surface area contributed by atoms with Crippen molar-refractivity contribution in [3.05, 3.63) is 18.1 Å². The molecule has 1 atom stereocenters. The molecular formula is C15H24N4O4. The normalized spacial score (nSPS) is 12.2. The number of methoxy groups -OCH3 is 1. The van der Waals surface area contributed by atoms with E-state index in [1.807, 2.05) is 27.7 Å². The average Bonchev–Trinajstić information content (AvgIpc) is 2.44. The fraction of sp³-hybridized carbons (Fsp3) is 0.600. The first kappa shape index (κ1) is 18.7. The van der Waals surface area contributed by atoms with E-state index in [1.54, 1.807) is 6.07 Å². The molecule has 2 N–H and O–H groups in total. The summed E-state index contributed by atoms with van der Waals surface area (Å²) in [4.78, 5) is 30.8. The molecule has 128 valence electrons. The zero-order valence-electron chi connectivity index (χ0n) is 14.2. The van der Waals surface area contributed by atoms with Crippen LogP contribution < -0.4 is 10.6 Å². The maximum absolute atomic E-state index is 11.6. The third-order valence-corrected chi connectivity index (χ3v) is 2.67. The summed E-state index contributed by atoms with van der Waals surface area (Å²) in [5.41, 5.74) is -0.521. The maximum atomic E-state index is 11.6. The first-order valence-corrected chi connectivity index (χ1v) is 7.36. The molecule has 0 aromatic carbocycles. The largest absolute Gasteiger partial charge is 0.463 e. The lowest BCUT2D eigenvalue weighted by atomic mass is 10.2. The highest BCUT2D eigenvalue weighted by molar-refractivity contribution is 5.85. The van der Waals surface area contributed by atoms with Gasteiger partial charge in [-0.15, -0.1) is 0 Å². The minimum Gasteiger partial charge on any atom is -0.463 e. The number of rotatable bonds is 6. The minimum atomic E-state index is -0.589. The van der Waals surface area contributed by atoms with Crippen LogP contribution in [0, 0.1) is 0 Å². The van der Waals surface area contributed by atoms with Gasteiger partial charge in [-0.25, -0.2) is 19.6 Å². The predicted octanol–water partition coefficient (Wildman–Crippen LogP) is 1.98. The molecule has 8 nitrogen and oxygen atoms in total. The molecule has 1 aromatic heterocycles. The molecule has 0 unspecified atom stereocenters. The fourth-order valence-electron chi connectivity index (χ4n) is 1.64. The van der Waals surface area contributed by atoms with Crippen LogP contribution in [0.3, 0.4) is 0 Å². The van der Waals surface area contributed by atoms with Gasteiger partial charge in [-0.2, -0.15) is 0 Å². The van der Waals surface area contributed by atoms with E-state index < -0.39 is 17.7 Å². The summed E-state index contributed by atoms with van der Waals surface area (Å²) in [6, 6.07) is 1.58. The highest BCUT2D eigenvalue weighted by atomic mass is 16.6. The lowest BCUT2D eigenvalue weighted by Crippen LogP contribution is -2.38. The number of nitrogens with one attached hydrogen (secondary N) is 2. The van der Waals surface area contributed by atoms with E-state index in [1.165, 1.54) is 13.3 Å². The molecule has 0 aliphatic heterocycles. The quantitative estimate of drug-likeness (QED) is 0.771. The van der Waals surface area contributed by atoms with E-state index in [4.69, 9.17) is 4.74 Å². The standard InChI is InChI=1S/C15H24N4O4/c1-10(18-14(21)23-15(2,3)4)6-8-16-11-7-9-17-12(19-11)13(20)22-5/h7,9-10H,6,8H2,1-5H3,(H,18,21)(H,16,17,19)/t10-/m0/s1. The first-order chi connectivity index (χ1) is 10.7. The molecule has 1 rings (SSSR count). The maximum Gasteiger partial charge on any atom is 0.407 e.